The van der Waals surface area contributed by atoms with Crippen LogP contribution in [0.3, 0.4) is 0 Å². The third kappa shape index (κ3) is 7.45. The predicted molar refractivity (Wildman–Crippen MR) is 159 cm³/mol. The van der Waals surface area contributed by atoms with Crippen LogP contribution < -0.4 is 21.7 Å². The maximum absolute atomic E-state index is 13.6. The van der Waals surface area contributed by atoms with Gasteiger partial charge < -0.3 is 26.7 Å². The lowest BCUT2D eigenvalue weighted by Crippen LogP contribution is -2.25. The number of anilines is 3. The van der Waals surface area contributed by atoms with Crippen molar-refractivity contribution in [3.8, 4) is 0 Å². The molecule has 0 atom stereocenters. The van der Waals surface area contributed by atoms with Crippen molar-refractivity contribution in [3.05, 3.63) is 76.1 Å². The molecular formula is C30H33F2N7O3. The molecule has 0 unspecified atom stereocenters. The molecule has 0 bridgehead atoms. The number of nitrogens with zero attached hydrogens (tertiary/aromatic N) is 2. The fourth-order valence-electron chi connectivity index (χ4n) is 4.70. The van der Waals surface area contributed by atoms with Crippen molar-refractivity contribution in [1.29, 1.82) is 0 Å². The van der Waals surface area contributed by atoms with E-state index >= 15 is 0 Å². The molecule has 6 N–H and O–H groups in total. The molecule has 0 spiro atoms. The fourth-order valence-corrected chi connectivity index (χ4v) is 4.70. The Bertz CT molecular complexity index is 1560. The van der Waals surface area contributed by atoms with Crippen LogP contribution in [-0.4, -0.2) is 41.2 Å². The molecule has 42 heavy (non-hydrogen) atoms. The third-order valence-electron chi connectivity index (χ3n) is 6.90. The molecular weight excluding hydrogens is 544 g/mol. The zero-order valence-corrected chi connectivity index (χ0v) is 23.4. The molecule has 0 saturated carbocycles. The number of unbranched alkanes of at least 4 members (excludes halogenated alkanes) is 4. The van der Waals surface area contributed by atoms with E-state index in [1.807, 2.05) is 0 Å². The van der Waals surface area contributed by atoms with Crippen molar-refractivity contribution in [2.45, 2.75) is 52.4 Å². The van der Waals surface area contributed by atoms with Crippen molar-refractivity contribution in [1.82, 2.24) is 10.3 Å². The Morgan fingerprint density at radius 2 is 1.71 bits per heavy atom. The number of nitrogen functional groups attached to an aromatic ring is 1. The number of nitrogens with one attached hydrogen (secondary N) is 4. The first-order valence-electron chi connectivity index (χ1n) is 13.7. The van der Waals surface area contributed by atoms with Gasteiger partial charge in [-0.05, 0) is 68.7 Å². The van der Waals surface area contributed by atoms with E-state index in [1.165, 1.54) is 42.6 Å². The average Bonchev–Trinajstić information content (AvgIpc) is 3.40. The van der Waals surface area contributed by atoms with Gasteiger partial charge in [-0.2, -0.15) is 5.10 Å². The highest BCUT2D eigenvalue weighted by molar-refractivity contribution is 6.53. The Balaban J connectivity index is 1.18. The van der Waals surface area contributed by atoms with Gasteiger partial charge in [0.15, 0.2) is 5.71 Å². The number of H-pyrrole nitrogens is 1. The standard InChI is InChI=1S/C30H33F2N7O3/c1-17-25(16-35-39-28-21-14-19(31)9-11-23(21)38-30(28)42)36-18(2)27(17)29(41)34-13-7-5-3-4-6-8-26(40)37-24-12-10-20(32)15-22(24)33/h9-12,14-16,36H,3-8,13,33H2,1-2H3,(H,34,41)(H,37,40)(H,38,39,42)/b35-16+. The zero-order chi connectivity index (χ0) is 30.2. The number of rotatable bonds is 12. The number of benzene rings is 2. The number of hydrogen-bond donors (Lipinski definition) is 5. The molecule has 3 aromatic rings. The summed E-state index contributed by atoms with van der Waals surface area (Å²) in [6.45, 7) is 4.09. The largest absolute Gasteiger partial charge is 0.397 e. The highest BCUT2D eigenvalue weighted by Crippen LogP contribution is 2.24. The lowest BCUT2D eigenvalue weighted by atomic mass is 10.1. The molecule has 4 rings (SSSR count). The molecule has 12 heteroatoms. The molecule has 1 aliphatic heterocycles. The first-order valence-corrected chi connectivity index (χ1v) is 13.7. The van der Waals surface area contributed by atoms with Gasteiger partial charge >= 0.3 is 0 Å². The molecule has 0 fully saturated rings. The van der Waals surface area contributed by atoms with Crippen molar-refractivity contribution < 1.29 is 23.2 Å². The Kier molecular flexibility index (Phi) is 9.79. The first kappa shape index (κ1) is 30.1. The van der Waals surface area contributed by atoms with E-state index in [2.05, 4.69) is 31.1 Å². The highest BCUT2D eigenvalue weighted by Gasteiger charge is 2.26. The number of halogens is 2. The van der Waals surface area contributed by atoms with E-state index in [0.29, 0.717) is 58.8 Å². The number of aromatic nitrogens is 1. The number of aryl methyl sites for hydroxylation is 1. The van der Waals surface area contributed by atoms with Crippen molar-refractivity contribution >= 4 is 46.7 Å². The number of carbonyl (C=O) groups is 3. The molecule has 10 nitrogen and oxygen atoms in total. The van der Waals surface area contributed by atoms with Gasteiger partial charge in [0.1, 0.15) is 11.6 Å². The van der Waals surface area contributed by atoms with Gasteiger partial charge in [0.25, 0.3) is 11.8 Å². The second-order valence-corrected chi connectivity index (χ2v) is 10.1. The summed E-state index contributed by atoms with van der Waals surface area (Å²) in [7, 11) is 0. The molecule has 1 aromatic heterocycles. The van der Waals surface area contributed by atoms with Crippen LogP contribution in [0.4, 0.5) is 25.8 Å². The number of hydrogen-bond acceptors (Lipinski definition) is 6. The highest BCUT2D eigenvalue weighted by atomic mass is 19.1. The maximum atomic E-state index is 13.6. The van der Waals surface area contributed by atoms with Gasteiger partial charge in [-0.3, -0.25) is 14.4 Å². The molecule has 220 valence electrons. The van der Waals surface area contributed by atoms with E-state index in [1.54, 1.807) is 13.8 Å². The summed E-state index contributed by atoms with van der Waals surface area (Å²) in [6.07, 6.45) is 5.96. The minimum Gasteiger partial charge on any atom is -0.397 e. The summed E-state index contributed by atoms with van der Waals surface area (Å²) >= 11 is 0. The first-order chi connectivity index (χ1) is 20.1. The van der Waals surface area contributed by atoms with Crippen molar-refractivity contribution in [2.24, 2.45) is 10.2 Å². The van der Waals surface area contributed by atoms with Crippen LogP contribution in [0.2, 0.25) is 0 Å². The summed E-state index contributed by atoms with van der Waals surface area (Å²) in [5.41, 5.74) is 9.58. The molecule has 3 amide bonds. The molecule has 0 aliphatic carbocycles. The van der Waals surface area contributed by atoms with E-state index in [0.717, 1.165) is 25.7 Å². The van der Waals surface area contributed by atoms with Crippen molar-refractivity contribution in [2.75, 3.05) is 22.9 Å². The molecule has 2 heterocycles. The van der Waals surface area contributed by atoms with Crippen LogP contribution in [0, 0.1) is 25.5 Å². The van der Waals surface area contributed by atoms with Crippen LogP contribution in [0.25, 0.3) is 0 Å². The quantitative estimate of drug-likeness (QED) is 0.0892. The Labute approximate surface area is 241 Å². The smallest absolute Gasteiger partial charge is 0.276 e. The predicted octanol–water partition coefficient (Wildman–Crippen LogP) is 4.98. The minimum absolute atomic E-state index is 0.0121. The molecule has 0 radical (unpaired) electrons. The van der Waals surface area contributed by atoms with Crippen LogP contribution in [-0.2, 0) is 9.59 Å². The van der Waals surface area contributed by atoms with Crippen LogP contribution >= 0.6 is 0 Å². The summed E-state index contributed by atoms with van der Waals surface area (Å²) in [4.78, 5) is 40.2. The van der Waals surface area contributed by atoms with E-state index in [-0.39, 0.29) is 23.2 Å². The van der Waals surface area contributed by atoms with E-state index < -0.39 is 17.5 Å². The van der Waals surface area contributed by atoms with Crippen LogP contribution in [0.5, 0.6) is 0 Å². The normalized spacial score (nSPS) is 13.4. The topological polar surface area (TPSA) is 154 Å². The van der Waals surface area contributed by atoms with Gasteiger partial charge in [-0.1, -0.05) is 19.3 Å². The lowest BCUT2D eigenvalue weighted by Gasteiger charge is -2.08. The number of aromatic amines is 1. The van der Waals surface area contributed by atoms with Gasteiger partial charge in [-0.15, -0.1) is 5.10 Å². The SMILES string of the molecule is Cc1[nH]c(/C=N/N=C2\C(=O)Nc3ccc(F)cc32)c(C)c1C(=O)NCCCCCCCC(=O)Nc1ccc(F)cc1N. The molecule has 2 aromatic carbocycles. The number of fused-ring (bicyclic) bond motifs is 1. The average molecular weight is 578 g/mol. The Hall–Kier alpha value is -4.87. The minimum atomic E-state index is -0.483. The number of nitrogens with two attached hydrogens (primary N) is 1. The van der Waals surface area contributed by atoms with Crippen molar-refractivity contribution in [3.63, 3.8) is 0 Å². The Morgan fingerprint density at radius 3 is 2.50 bits per heavy atom. The number of carbonyl (C=O) groups excluding carboxylic acids is 3. The zero-order valence-electron chi connectivity index (χ0n) is 23.4. The van der Waals surface area contributed by atoms with Gasteiger partial charge in [0.05, 0.1) is 34.5 Å². The summed E-state index contributed by atoms with van der Waals surface area (Å²) < 4.78 is 26.7. The second kappa shape index (κ2) is 13.7. The van der Waals surface area contributed by atoms with E-state index in [4.69, 9.17) is 5.73 Å². The fraction of sp³-hybridized carbons (Fsp3) is 0.300. The van der Waals surface area contributed by atoms with E-state index in [9.17, 15) is 23.2 Å². The monoisotopic (exact) mass is 577 g/mol. The molecule has 1 aliphatic rings. The number of amides is 3. The third-order valence-corrected chi connectivity index (χ3v) is 6.90. The second-order valence-electron chi connectivity index (χ2n) is 10.1. The van der Waals surface area contributed by atoms with Gasteiger partial charge in [0, 0.05) is 24.2 Å². The van der Waals surface area contributed by atoms with Crippen LogP contribution in [0.1, 0.15) is 71.4 Å². The summed E-state index contributed by atoms with van der Waals surface area (Å²) in [6, 6.07) is 7.80. The lowest BCUT2D eigenvalue weighted by molar-refractivity contribution is -0.116. The van der Waals surface area contributed by atoms with Gasteiger partial charge in [0.2, 0.25) is 5.91 Å². The summed E-state index contributed by atoms with van der Waals surface area (Å²) in [5.74, 6) is -1.78. The Morgan fingerprint density at radius 1 is 1.00 bits per heavy atom. The van der Waals surface area contributed by atoms with Crippen LogP contribution in [0.15, 0.2) is 46.6 Å². The maximum Gasteiger partial charge on any atom is 0.276 e. The molecule has 0 saturated heterocycles. The summed E-state index contributed by atoms with van der Waals surface area (Å²) in [5, 5.41) is 16.2. The van der Waals surface area contributed by atoms with Gasteiger partial charge in [-0.25, -0.2) is 8.78 Å².